The molecule has 3 aromatic rings. The zero-order chi connectivity index (χ0) is 15.0. The van der Waals surface area contributed by atoms with Crippen molar-refractivity contribution in [1.82, 2.24) is 9.55 Å². The van der Waals surface area contributed by atoms with Crippen LogP contribution in [0.4, 0.5) is 5.95 Å². The van der Waals surface area contributed by atoms with Crippen molar-refractivity contribution in [2.24, 2.45) is 0 Å². The van der Waals surface area contributed by atoms with E-state index >= 15 is 0 Å². The molecule has 0 saturated heterocycles. The number of aryl methyl sites for hydroxylation is 1. The Labute approximate surface area is 125 Å². The molecule has 0 fully saturated rings. The molecule has 0 aliphatic heterocycles. The van der Waals surface area contributed by atoms with Crippen LogP contribution in [0.2, 0.25) is 0 Å². The number of nitrogens with two attached hydrogens (primary N) is 1. The molecule has 0 saturated carbocycles. The molecule has 1 heterocycles. The maximum Gasteiger partial charge on any atom is 0.201 e. The predicted octanol–water partition coefficient (Wildman–Crippen LogP) is 4.10. The molecule has 0 aliphatic rings. The van der Waals surface area contributed by atoms with Gasteiger partial charge in [-0.1, -0.05) is 44.2 Å². The summed E-state index contributed by atoms with van der Waals surface area (Å²) < 4.78 is 2.08. The minimum absolute atomic E-state index is 0.556. The Bertz CT molecular complexity index is 767. The summed E-state index contributed by atoms with van der Waals surface area (Å²) >= 11 is 0. The highest BCUT2D eigenvalue weighted by Gasteiger charge is 2.09. The second-order valence-corrected chi connectivity index (χ2v) is 5.94. The zero-order valence-corrected chi connectivity index (χ0v) is 12.8. The molecule has 0 bridgehead atoms. The van der Waals surface area contributed by atoms with E-state index in [9.17, 15) is 0 Å². The first-order valence-electron chi connectivity index (χ1n) is 7.36. The van der Waals surface area contributed by atoms with E-state index in [1.54, 1.807) is 0 Å². The predicted molar refractivity (Wildman–Crippen MR) is 88.5 cm³/mol. The summed E-state index contributed by atoms with van der Waals surface area (Å²) in [7, 11) is 0. The van der Waals surface area contributed by atoms with E-state index in [0.29, 0.717) is 11.9 Å². The minimum Gasteiger partial charge on any atom is -0.369 e. The van der Waals surface area contributed by atoms with Gasteiger partial charge in [0.25, 0.3) is 0 Å². The zero-order valence-electron chi connectivity index (χ0n) is 12.8. The Morgan fingerprint density at radius 1 is 1.10 bits per heavy atom. The van der Waals surface area contributed by atoms with Gasteiger partial charge in [0, 0.05) is 0 Å². The van der Waals surface area contributed by atoms with Gasteiger partial charge in [-0.25, -0.2) is 4.98 Å². The highest BCUT2D eigenvalue weighted by Crippen LogP contribution is 2.21. The fourth-order valence-electron chi connectivity index (χ4n) is 2.61. The molecule has 21 heavy (non-hydrogen) atoms. The van der Waals surface area contributed by atoms with E-state index in [1.807, 2.05) is 6.07 Å². The SMILES string of the molecule is Cc1ccc2nc(N)n(Cc3ccc(C(C)C)cc3)c2c1. The molecule has 0 amide bonds. The topological polar surface area (TPSA) is 43.8 Å². The molecule has 0 unspecified atom stereocenters. The highest BCUT2D eigenvalue weighted by atomic mass is 15.1. The molecule has 0 atom stereocenters. The van der Waals surface area contributed by atoms with Gasteiger partial charge in [0.2, 0.25) is 5.95 Å². The fourth-order valence-corrected chi connectivity index (χ4v) is 2.61. The van der Waals surface area contributed by atoms with E-state index in [1.165, 1.54) is 16.7 Å². The average Bonchev–Trinajstić information content (AvgIpc) is 2.76. The average molecular weight is 279 g/mol. The Hall–Kier alpha value is -2.29. The summed E-state index contributed by atoms with van der Waals surface area (Å²) in [6, 6.07) is 15.0. The van der Waals surface area contributed by atoms with Crippen LogP contribution in [-0.4, -0.2) is 9.55 Å². The minimum atomic E-state index is 0.556. The van der Waals surface area contributed by atoms with Crippen LogP contribution in [-0.2, 0) is 6.54 Å². The monoisotopic (exact) mass is 279 g/mol. The van der Waals surface area contributed by atoms with E-state index in [-0.39, 0.29) is 0 Å². The Morgan fingerprint density at radius 3 is 2.48 bits per heavy atom. The van der Waals surface area contributed by atoms with Crippen LogP contribution < -0.4 is 5.73 Å². The fraction of sp³-hybridized carbons (Fsp3) is 0.278. The maximum atomic E-state index is 6.08. The van der Waals surface area contributed by atoms with Gasteiger partial charge in [-0.2, -0.15) is 0 Å². The van der Waals surface area contributed by atoms with Gasteiger partial charge in [-0.15, -0.1) is 0 Å². The standard InChI is InChI=1S/C18H21N3/c1-12(2)15-7-5-14(6-8-15)11-21-17-10-13(3)4-9-16(17)20-18(21)19/h4-10,12H,11H2,1-3H3,(H2,19,20). The second-order valence-electron chi connectivity index (χ2n) is 5.94. The van der Waals surface area contributed by atoms with Gasteiger partial charge >= 0.3 is 0 Å². The first kappa shape index (κ1) is 13.7. The lowest BCUT2D eigenvalue weighted by Gasteiger charge is -2.09. The van der Waals surface area contributed by atoms with Crippen molar-refractivity contribution >= 4 is 17.0 Å². The van der Waals surface area contributed by atoms with Crippen LogP contribution in [0.15, 0.2) is 42.5 Å². The molecule has 1 aromatic heterocycles. The van der Waals surface area contributed by atoms with Crippen molar-refractivity contribution in [1.29, 1.82) is 0 Å². The van der Waals surface area contributed by atoms with Gasteiger partial charge < -0.3 is 10.3 Å². The van der Waals surface area contributed by atoms with Crippen LogP contribution >= 0.6 is 0 Å². The molecular formula is C18H21N3. The maximum absolute atomic E-state index is 6.08. The van der Waals surface area contributed by atoms with Crippen molar-refractivity contribution in [3.63, 3.8) is 0 Å². The number of rotatable bonds is 3. The third-order valence-corrected chi connectivity index (χ3v) is 3.92. The summed E-state index contributed by atoms with van der Waals surface area (Å²) in [5, 5.41) is 0. The normalized spacial score (nSPS) is 11.4. The summed E-state index contributed by atoms with van der Waals surface area (Å²) in [4.78, 5) is 4.44. The first-order valence-corrected chi connectivity index (χ1v) is 7.36. The van der Waals surface area contributed by atoms with Gasteiger partial charge in [0.15, 0.2) is 0 Å². The van der Waals surface area contributed by atoms with Crippen LogP contribution in [0, 0.1) is 6.92 Å². The van der Waals surface area contributed by atoms with Crippen molar-refractivity contribution < 1.29 is 0 Å². The highest BCUT2D eigenvalue weighted by molar-refractivity contribution is 5.79. The van der Waals surface area contributed by atoms with Crippen LogP contribution in [0.3, 0.4) is 0 Å². The van der Waals surface area contributed by atoms with Gasteiger partial charge in [-0.3, -0.25) is 0 Å². The van der Waals surface area contributed by atoms with Crippen molar-refractivity contribution in [3.8, 4) is 0 Å². The molecule has 108 valence electrons. The van der Waals surface area contributed by atoms with Crippen LogP contribution in [0.25, 0.3) is 11.0 Å². The number of anilines is 1. The van der Waals surface area contributed by atoms with E-state index < -0.39 is 0 Å². The molecule has 3 heteroatoms. The summed E-state index contributed by atoms with van der Waals surface area (Å²) in [5.41, 5.74) is 12.0. The van der Waals surface area contributed by atoms with E-state index in [0.717, 1.165) is 17.6 Å². The van der Waals surface area contributed by atoms with Gasteiger partial charge in [0.05, 0.1) is 17.6 Å². The number of benzene rings is 2. The molecule has 3 nitrogen and oxygen atoms in total. The first-order chi connectivity index (χ1) is 10.0. The van der Waals surface area contributed by atoms with Gasteiger partial charge in [-0.05, 0) is 41.7 Å². The Balaban J connectivity index is 1.97. The molecule has 0 spiro atoms. The van der Waals surface area contributed by atoms with Crippen molar-refractivity contribution in [2.75, 3.05) is 5.73 Å². The smallest absolute Gasteiger partial charge is 0.201 e. The van der Waals surface area contributed by atoms with Crippen LogP contribution in [0.5, 0.6) is 0 Å². The Morgan fingerprint density at radius 2 is 1.81 bits per heavy atom. The number of nitrogen functional groups attached to an aromatic ring is 1. The molecule has 0 radical (unpaired) electrons. The molecular weight excluding hydrogens is 258 g/mol. The van der Waals surface area contributed by atoms with Gasteiger partial charge in [0.1, 0.15) is 0 Å². The number of aromatic nitrogens is 2. The lowest BCUT2D eigenvalue weighted by atomic mass is 10.0. The number of hydrogen-bond acceptors (Lipinski definition) is 2. The quantitative estimate of drug-likeness (QED) is 0.784. The van der Waals surface area contributed by atoms with Crippen molar-refractivity contribution in [3.05, 3.63) is 59.2 Å². The number of fused-ring (bicyclic) bond motifs is 1. The molecule has 3 rings (SSSR count). The lowest BCUT2D eigenvalue weighted by molar-refractivity contribution is 0.830. The lowest BCUT2D eigenvalue weighted by Crippen LogP contribution is -2.04. The summed E-state index contributed by atoms with van der Waals surface area (Å²) in [6.07, 6.45) is 0. The largest absolute Gasteiger partial charge is 0.369 e. The number of imidazole rings is 1. The third kappa shape index (κ3) is 2.64. The molecule has 2 N–H and O–H groups in total. The molecule has 2 aromatic carbocycles. The van der Waals surface area contributed by atoms with E-state index in [4.69, 9.17) is 5.73 Å². The second kappa shape index (κ2) is 5.24. The number of hydrogen-bond donors (Lipinski definition) is 1. The van der Waals surface area contributed by atoms with E-state index in [2.05, 4.69) is 66.7 Å². The Kier molecular flexibility index (Phi) is 3.42. The van der Waals surface area contributed by atoms with Crippen LogP contribution in [0.1, 0.15) is 36.5 Å². The summed E-state index contributed by atoms with van der Waals surface area (Å²) in [5.74, 6) is 1.13. The number of nitrogens with zero attached hydrogens (tertiary/aromatic N) is 2. The van der Waals surface area contributed by atoms with Crippen molar-refractivity contribution in [2.45, 2.75) is 33.2 Å². The third-order valence-electron chi connectivity index (χ3n) is 3.92. The summed E-state index contributed by atoms with van der Waals surface area (Å²) in [6.45, 7) is 7.26. The molecule has 0 aliphatic carbocycles.